The van der Waals surface area contributed by atoms with Crippen molar-refractivity contribution in [1.82, 2.24) is 0 Å². The fourth-order valence-electron chi connectivity index (χ4n) is 2.37. The summed E-state index contributed by atoms with van der Waals surface area (Å²) in [5, 5.41) is 0. The maximum atomic E-state index is 6.00. The van der Waals surface area contributed by atoms with E-state index in [1.54, 1.807) is 5.57 Å². The zero-order valence-electron chi connectivity index (χ0n) is 10.3. The Bertz CT molecular complexity index is 184. The van der Waals surface area contributed by atoms with Crippen molar-refractivity contribution >= 4 is 0 Å². The summed E-state index contributed by atoms with van der Waals surface area (Å²) in [6.45, 7) is 2.27. The lowest BCUT2D eigenvalue weighted by molar-refractivity contribution is 0.618. The van der Waals surface area contributed by atoms with Gasteiger partial charge < -0.3 is 5.73 Å². The molecule has 0 heterocycles. The third kappa shape index (κ3) is 5.99. The van der Waals surface area contributed by atoms with Crippen molar-refractivity contribution < 1.29 is 0 Å². The standard InChI is InChI=1S/C14H27N/c1-2-3-4-5-6-9-13-10-7-8-11-14(15)12-13/h12,14H,2-11,15H2,1H3. The molecular weight excluding hydrogens is 182 g/mol. The molecule has 1 aliphatic carbocycles. The largest absolute Gasteiger partial charge is 0.324 e. The Balaban J connectivity index is 2.13. The molecule has 0 saturated carbocycles. The van der Waals surface area contributed by atoms with Gasteiger partial charge in [-0.15, -0.1) is 0 Å². The summed E-state index contributed by atoms with van der Waals surface area (Å²) in [6, 6.07) is 0.346. The highest BCUT2D eigenvalue weighted by Gasteiger charge is 2.07. The van der Waals surface area contributed by atoms with Gasteiger partial charge in [0.15, 0.2) is 0 Å². The SMILES string of the molecule is CCCCCCCC1=CC(N)CCCC1. The maximum absolute atomic E-state index is 6.00. The summed E-state index contributed by atoms with van der Waals surface area (Å²) in [4.78, 5) is 0. The molecule has 0 aliphatic heterocycles. The number of nitrogens with two attached hydrogens (primary N) is 1. The van der Waals surface area contributed by atoms with Crippen LogP contribution < -0.4 is 5.73 Å². The van der Waals surface area contributed by atoms with Crippen LogP contribution in [0.3, 0.4) is 0 Å². The Labute approximate surface area is 95.1 Å². The van der Waals surface area contributed by atoms with Crippen LogP contribution in [0.25, 0.3) is 0 Å². The van der Waals surface area contributed by atoms with Gasteiger partial charge in [-0.3, -0.25) is 0 Å². The first-order valence-corrected chi connectivity index (χ1v) is 6.78. The van der Waals surface area contributed by atoms with Crippen LogP contribution >= 0.6 is 0 Å². The molecule has 0 aromatic heterocycles. The number of allylic oxidation sites excluding steroid dienone is 1. The molecule has 0 spiro atoms. The molecule has 0 fully saturated rings. The second-order valence-corrected chi connectivity index (χ2v) is 4.90. The first-order valence-electron chi connectivity index (χ1n) is 6.78. The maximum Gasteiger partial charge on any atom is 0.0226 e. The van der Waals surface area contributed by atoms with E-state index in [9.17, 15) is 0 Å². The Morgan fingerprint density at radius 1 is 1.20 bits per heavy atom. The molecule has 1 nitrogen and oxygen atoms in total. The minimum absolute atomic E-state index is 0.346. The van der Waals surface area contributed by atoms with Crippen molar-refractivity contribution in [3.05, 3.63) is 11.6 Å². The Kier molecular flexibility index (Phi) is 6.74. The highest BCUT2D eigenvalue weighted by molar-refractivity contribution is 5.08. The van der Waals surface area contributed by atoms with Crippen LogP contribution in [0.15, 0.2) is 11.6 Å². The molecule has 0 aromatic rings. The van der Waals surface area contributed by atoms with Crippen molar-refractivity contribution in [2.24, 2.45) is 5.73 Å². The van der Waals surface area contributed by atoms with E-state index in [1.165, 1.54) is 64.2 Å². The lowest BCUT2D eigenvalue weighted by atomic mass is 10.0. The van der Waals surface area contributed by atoms with Crippen molar-refractivity contribution in [2.75, 3.05) is 0 Å². The van der Waals surface area contributed by atoms with E-state index in [0.29, 0.717) is 6.04 Å². The van der Waals surface area contributed by atoms with Gasteiger partial charge in [0.1, 0.15) is 0 Å². The van der Waals surface area contributed by atoms with Gasteiger partial charge in [0.2, 0.25) is 0 Å². The fourth-order valence-corrected chi connectivity index (χ4v) is 2.37. The molecular formula is C14H27N. The highest BCUT2D eigenvalue weighted by atomic mass is 14.6. The van der Waals surface area contributed by atoms with Gasteiger partial charge in [0, 0.05) is 6.04 Å². The van der Waals surface area contributed by atoms with E-state index in [4.69, 9.17) is 5.73 Å². The van der Waals surface area contributed by atoms with Crippen molar-refractivity contribution in [2.45, 2.75) is 77.2 Å². The first-order chi connectivity index (χ1) is 7.33. The van der Waals surface area contributed by atoms with Crippen LogP contribution in [-0.4, -0.2) is 6.04 Å². The van der Waals surface area contributed by atoms with Gasteiger partial charge >= 0.3 is 0 Å². The van der Waals surface area contributed by atoms with Crippen LogP contribution in [0.5, 0.6) is 0 Å². The quantitative estimate of drug-likeness (QED) is 0.515. The van der Waals surface area contributed by atoms with E-state index >= 15 is 0 Å². The third-order valence-corrected chi connectivity index (χ3v) is 3.34. The van der Waals surface area contributed by atoms with E-state index in [1.807, 2.05) is 0 Å². The van der Waals surface area contributed by atoms with E-state index in [2.05, 4.69) is 13.0 Å². The van der Waals surface area contributed by atoms with Crippen LogP contribution in [0.1, 0.15) is 71.1 Å². The van der Waals surface area contributed by atoms with E-state index in [0.717, 1.165) is 0 Å². The average molecular weight is 209 g/mol. The van der Waals surface area contributed by atoms with E-state index < -0.39 is 0 Å². The van der Waals surface area contributed by atoms with Crippen molar-refractivity contribution in [3.8, 4) is 0 Å². The summed E-state index contributed by atoms with van der Waals surface area (Å²) in [7, 11) is 0. The molecule has 0 saturated heterocycles. The third-order valence-electron chi connectivity index (χ3n) is 3.34. The summed E-state index contributed by atoms with van der Waals surface area (Å²) >= 11 is 0. The monoisotopic (exact) mass is 209 g/mol. The van der Waals surface area contributed by atoms with Gasteiger partial charge in [-0.1, -0.05) is 50.7 Å². The van der Waals surface area contributed by atoms with Crippen molar-refractivity contribution in [1.29, 1.82) is 0 Å². The molecule has 0 radical (unpaired) electrons. The molecule has 1 rings (SSSR count). The van der Waals surface area contributed by atoms with Gasteiger partial charge in [-0.05, 0) is 32.1 Å². The van der Waals surface area contributed by atoms with Crippen LogP contribution in [0.4, 0.5) is 0 Å². The fraction of sp³-hybridized carbons (Fsp3) is 0.857. The predicted molar refractivity (Wildman–Crippen MR) is 67.9 cm³/mol. The molecule has 1 heteroatoms. The normalized spacial score (nSPS) is 22.3. The molecule has 0 bridgehead atoms. The van der Waals surface area contributed by atoms with Gasteiger partial charge in [0.25, 0.3) is 0 Å². The Morgan fingerprint density at radius 2 is 2.00 bits per heavy atom. The first kappa shape index (κ1) is 12.8. The summed E-state index contributed by atoms with van der Waals surface area (Å²) in [5.41, 5.74) is 7.64. The second kappa shape index (κ2) is 7.92. The molecule has 15 heavy (non-hydrogen) atoms. The summed E-state index contributed by atoms with van der Waals surface area (Å²) in [5.74, 6) is 0. The molecule has 2 N–H and O–H groups in total. The Morgan fingerprint density at radius 3 is 2.80 bits per heavy atom. The zero-order valence-corrected chi connectivity index (χ0v) is 10.3. The summed E-state index contributed by atoms with van der Waals surface area (Å²) < 4.78 is 0. The molecule has 88 valence electrons. The van der Waals surface area contributed by atoms with Gasteiger partial charge in [-0.2, -0.15) is 0 Å². The zero-order chi connectivity index (χ0) is 10.9. The van der Waals surface area contributed by atoms with Gasteiger partial charge in [-0.25, -0.2) is 0 Å². The summed E-state index contributed by atoms with van der Waals surface area (Å²) in [6.07, 6.45) is 15.7. The Hall–Kier alpha value is -0.300. The van der Waals surface area contributed by atoms with Crippen molar-refractivity contribution in [3.63, 3.8) is 0 Å². The number of unbranched alkanes of at least 4 members (excludes halogenated alkanes) is 4. The lowest BCUT2D eigenvalue weighted by Crippen LogP contribution is -2.15. The smallest absolute Gasteiger partial charge is 0.0226 e. The molecule has 1 atom stereocenters. The minimum atomic E-state index is 0.346. The minimum Gasteiger partial charge on any atom is -0.324 e. The van der Waals surface area contributed by atoms with Crippen LogP contribution in [0.2, 0.25) is 0 Å². The van der Waals surface area contributed by atoms with E-state index in [-0.39, 0.29) is 0 Å². The lowest BCUT2D eigenvalue weighted by Gasteiger charge is -2.06. The molecule has 0 aromatic carbocycles. The number of rotatable bonds is 6. The van der Waals surface area contributed by atoms with Crippen LogP contribution in [-0.2, 0) is 0 Å². The number of hydrogen-bond donors (Lipinski definition) is 1. The number of hydrogen-bond acceptors (Lipinski definition) is 1. The average Bonchev–Trinajstić information content (AvgIpc) is 2.43. The van der Waals surface area contributed by atoms with Gasteiger partial charge in [0.05, 0.1) is 0 Å². The predicted octanol–water partition coefficient (Wildman–Crippen LogP) is 4.17. The highest BCUT2D eigenvalue weighted by Crippen LogP contribution is 2.21. The second-order valence-electron chi connectivity index (χ2n) is 4.90. The molecule has 1 aliphatic rings. The molecule has 0 amide bonds. The molecule has 1 unspecified atom stereocenters. The van der Waals surface area contributed by atoms with Crippen LogP contribution in [0, 0.1) is 0 Å². The topological polar surface area (TPSA) is 26.0 Å².